The lowest BCUT2D eigenvalue weighted by Gasteiger charge is -2.12. The van der Waals surface area contributed by atoms with E-state index >= 15 is 0 Å². The van der Waals surface area contributed by atoms with Crippen LogP contribution in [0.4, 0.5) is 11.5 Å². The minimum absolute atomic E-state index is 0.0169. The van der Waals surface area contributed by atoms with Gasteiger partial charge in [-0.2, -0.15) is 5.10 Å². The Morgan fingerprint density at radius 1 is 1.05 bits per heavy atom. The highest BCUT2D eigenvalue weighted by atomic mass is 35.5. The Balaban J connectivity index is 1.28. The highest BCUT2D eigenvalue weighted by Crippen LogP contribution is 2.26. The Morgan fingerprint density at radius 2 is 1.87 bits per heavy atom. The number of halogens is 1. The molecule has 5 aromatic rings. The number of fused-ring (bicyclic) bond motifs is 1. The molecule has 5 rings (SSSR count). The van der Waals surface area contributed by atoms with Gasteiger partial charge in [0.05, 0.1) is 23.9 Å². The van der Waals surface area contributed by atoms with Gasteiger partial charge in [-0.15, -0.1) is 0 Å². The van der Waals surface area contributed by atoms with Crippen LogP contribution >= 0.6 is 11.6 Å². The second-order valence-electron chi connectivity index (χ2n) is 8.26. The summed E-state index contributed by atoms with van der Waals surface area (Å²) in [5, 5.41) is 7.05. The maximum Gasteiger partial charge on any atom is 0.263 e. The fraction of sp³-hybridized carbons (Fsp3) is 0.115. The van der Waals surface area contributed by atoms with Crippen molar-refractivity contribution in [1.29, 1.82) is 0 Å². The minimum Gasteiger partial charge on any atom is -0.494 e. The number of sulfonamides is 1. The number of carbonyl (C=O) groups excluding carboxylic acids is 1. The Hall–Kier alpha value is -4.35. The summed E-state index contributed by atoms with van der Waals surface area (Å²) in [5.74, 6) is 0.399. The van der Waals surface area contributed by atoms with Crippen molar-refractivity contribution in [3.63, 3.8) is 0 Å². The molecular weight excluding hydrogens is 528 g/mol. The van der Waals surface area contributed by atoms with E-state index in [4.69, 9.17) is 16.3 Å². The number of hydrogen-bond acceptors (Lipinski definition) is 6. The third kappa shape index (κ3) is 5.63. The summed E-state index contributed by atoms with van der Waals surface area (Å²) in [7, 11) is -4.07. The number of benzene rings is 2. The Labute approximate surface area is 223 Å². The predicted molar refractivity (Wildman–Crippen MR) is 144 cm³/mol. The number of rotatable bonds is 9. The van der Waals surface area contributed by atoms with Crippen molar-refractivity contribution in [2.75, 3.05) is 16.6 Å². The molecule has 38 heavy (non-hydrogen) atoms. The van der Waals surface area contributed by atoms with Gasteiger partial charge in [-0.3, -0.25) is 14.2 Å². The molecule has 0 aliphatic heterocycles. The van der Waals surface area contributed by atoms with Crippen molar-refractivity contribution in [3.8, 4) is 5.75 Å². The van der Waals surface area contributed by atoms with Crippen LogP contribution < -0.4 is 14.8 Å². The number of pyridine rings is 1. The number of hydrogen-bond donors (Lipinski definition) is 2. The number of ether oxygens (including phenoxy) is 1. The van der Waals surface area contributed by atoms with E-state index < -0.39 is 15.9 Å². The van der Waals surface area contributed by atoms with Gasteiger partial charge in [-0.25, -0.2) is 13.4 Å². The van der Waals surface area contributed by atoms with Crippen LogP contribution in [0.1, 0.15) is 23.0 Å². The standard InChI is InChI=1S/C26H23ClN6O4S/c1-2-37-21-9-7-19(8-10-21)31-38(35,36)23-15-18(6-11-22(23)27)26(34)29-24-12-14-33(30-24)17-20-16-32-13-4-3-5-25(32)28-20/h3-16,31H,2,17H2,1H3,(H,29,30,34). The van der Waals surface area contributed by atoms with E-state index in [0.717, 1.165) is 11.3 Å². The van der Waals surface area contributed by atoms with Crippen molar-refractivity contribution in [2.45, 2.75) is 18.4 Å². The summed E-state index contributed by atoms with van der Waals surface area (Å²) in [6.45, 7) is 2.77. The molecule has 0 aliphatic rings. The van der Waals surface area contributed by atoms with Gasteiger partial charge in [0.2, 0.25) is 0 Å². The van der Waals surface area contributed by atoms with E-state index in [1.807, 2.05) is 41.9 Å². The van der Waals surface area contributed by atoms with Crippen LogP contribution in [-0.2, 0) is 16.6 Å². The second-order valence-corrected chi connectivity index (χ2v) is 10.3. The monoisotopic (exact) mass is 550 g/mol. The van der Waals surface area contributed by atoms with Crippen molar-refractivity contribution >= 4 is 44.7 Å². The van der Waals surface area contributed by atoms with Crippen LogP contribution in [0.3, 0.4) is 0 Å². The molecule has 0 saturated heterocycles. The second kappa shape index (κ2) is 10.6. The maximum absolute atomic E-state index is 13.0. The molecule has 3 heterocycles. The van der Waals surface area contributed by atoms with Gasteiger partial charge in [0.25, 0.3) is 15.9 Å². The fourth-order valence-electron chi connectivity index (χ4n) is 3.78. The molecule has 2 N–H and O–H groups in total. The van der Waals surface area contributed by atoms with Gasteiger partial charge >= 0.3 is 0 Å². The number of aromatic nitrogens is 4. The quantitative estimate of drug-likeness (QED) is 0.275. The first-order valence-corrected chi connectivity index (χ1v) is 13.5. The zero-order valence-electron chi connectivity index (χ0n) is 20.2. The average Bonchev–Trinajstić information content (AvgIpc) is 3.51. The van der Waals surface area contributed by atoms with Gasteiger partial charge in [-0.05, 0) is 61.5 Å². The highest BCUT2D eigenvalue weighted by molar-refractivity contribution is 7.92. The summed E-state index contributed by atoms with van der Waals surface area (Å²) >= 11 is 6.19. The molecule has 2 aromatic carbocycles. The van der Waals surface area contributed by atoms with Crippen LogP contribution in [-0.4, -0.2) is 40.1 Å². The van der Waals surface area contributed by atoms with Gasteiger partial charge in [0.1, 0.15) is 16.3 Å². The summed E-state index contributed by atoms with van der Waals surface area (Å²) in [6, 6.07) is 17.9. The SMILES string of the molecule is CCOc1ccc(NS(=O)(=O)c2cc(C(=O)Nc3ccn(Cc4cn5ccccc5n4)n3)ccc2Cl)cc1. The highest BCUT2D eigenvalue weighted by Gasteiger charge is 2.21. The first kappa shape index (κ1) is 25.3. The number of carbonyl (C=O) groups is 1. The first-order chi connectivity index (χ1) is 18.3. The smallest absolute Gasteiger partial charge is 0.263 e. The van der Waals surface area contributed by atoms with Gasteiger partial charge < -0.3 is 14.5 Å². The summed E-state index contributed by atoms with van der Waals surface area (Å²) in [6.07, 6.45) is 5.54. The van der Waals surface area contributed by atoms with Crippen molar-refractivity contribution in [1.82, 2.24) is 19.2 Å². The van der Waals surface area contributed by atoms with Crippen LogP contribution in [0.2, 0.25) is 5.02 Å². The number of nitrogens with zero attached hydrogens (tertiary/aromatic N) is 4. The summed E-state index contributed by atoms with van der Waals surface area (Å²) in [4.78, 5) is 17.2. The fourth-order valence-corrected chi connectivity index (χ4v) is 5.37. The summed E-state index contributed by atoms with van der Waals surface area (Å²) < 4.78 is 37.5. The van der Waals surface area contributed by atoms with Crippen molar-refractivity contribution in [2.24, 2.45) is 0 Å². The molecule has 0 fully saturated rings. The molecular formula is C26H23ClN6O4S. The predicted octanol–water partition coefficient (Wildman–Crippen LogP) is 4.68. The molecule has 194 valence electrons. The molecule has 0 bridgehead atoms. The van der Waals surface area contributed by atoms with Crippen molar-refractivity contribution in [3.05, 3.63) is 102 Å². The lowest BCUT2D eigenvalue weighted by atomic mass is 10.2. The normalized spacial score (nSPS) is 11.4. The van der Waals surface area contributed by atoms with Gasteiger partial charge in [0, 0.05) is 35.9 Å². The molecule has 10 nitrogen and oxygen atoms in total. The van der Waals surface area contributed by atoms with Gasteiger partial charge in [0.15, 0.2) is 5.82 Å². The van der Waals surface area contributed by atoms with E-state index in [0.29, 0.717) is 30.4 Å². The number of nitrogens with one attached hydrogen (secondary N) is 2. The molecule has 0 saturated carbocycles. The zero-order chi connectivity index (χ0) is 26.7. The van der Waals surface area contributed by atoms with E-state index in [1.54, 1.807) is 41.2 Å². The topological polar surface area (TPSA) is 120 Å². The maximum atomic E-state index is 13.0. The molecule has 1 amide bonds. The van der Waals surface area contributed by atoms with Crippen LogP contribution in [0, 0.1) is 0 Å². The Bertz CT molecular complexity index is 1680. The van der Waals surface area contributed by atoms with Gasteiger partial charge in [-0.1, -0.05) is 17.7 Å². The molecule has 0 aliphatic carbocycles. The zero-order valence-corrected chi connectivity index (χ0v) is 21.8. The average molecular weight is 551 g/mol. The lowest BCUT2D eigenvalue weighted by Crippen LogP contribution is -2.17. The van der Waals surface area contributed by atoms with Crippen LogP contribution in [0.5, 0.6) is 5.75 Å². The third-order valence-electron chi connectivity index (χ3n) is 5.52. The number of anilines is 2. The summed E-state index contributed by atoms with van der Waals surface area (Å²) in [5.41, 5.74) is 2.07. The molecule has 0 atom stereocenters. The van der Waals surface area contributed by atoms with E-state index in [-0.39, 0.29) is 15.5 Å². The van der Waals surface area contributed by atoms with E-state index in [1.165, 1.54) is 18.2 Å². The van der Waals surface area contributed by atoms with E-state index in [2.05, 4.69) is 20.1 Å². The molecule has 12 heteroatoms. The lowest BCUT2D eigenvalue weighted by molar-refractivity contribution is 0.102. The third-order valence-corrected chi connectivity index (χ3v) is 7.38. The van der Waals surface area contributed by atoms with Crippen molar-refractivity contribution < 1.29 is 17.9 Å². The minimum atomic E-state index is -4.07. The Kier molecular flexibility index (Phi) is 7.03. The molecule has 0 spiro atoms. The van der Waals surface area contributed by atoms with Crippen LogP contribution in [0.25, 0.3) is 5.65 Å². The first-order valence-electron chi connectivity index (χ1n) is 11.6. The molecule has 0 radical (unpaired) electrons. The van der Waals surface area contributed by atoms with Crippen LogP contribution in [0.15, 0.2) is 90.2 Å². The number of amides is 1. The molecule has 3 aromatic heterocycles. The molecule has 0 unspecified atom stereocenters. The largest absolute Gasteiger partial charge is 0.494 e. The Morgan fingerprint density at radius 3 is 2.63 bits per heavy atom. The number of imidazole rings is 1. The van der Waals surface area contributed by atoms with E-state index in [9.17, 15) is 13.2 Å².